The highest BCUT2D eigenvalue weighted by Crippen LogP contribution is 2.29. The molecule has 1 N–H and O–H groups in total. The molecule has 28 heavy (non-hydrogen) atoms. The SMILES string of the molecule is O=CC1Nc2cccnc2C2=NCC(CN3CCN(c4ncccn4)CC3)N21. The molecule has 2 aromatic heterocycles. The van der Waals surface area contributed by atoms with Crippen LogP contribution in [0.15, 0.2) is 41.8 Å². The van der Waals surface area contributed by atoms with E-state index in [0.29, 0.717) is 6.54 Å². The Morgan fingerprint density at radius 2 is 1.86 bits per heavy atom. The van der Waals surface area contributed by atoms with Gasteiger partial charge in [-0.15, -0.1) is 0 Å². The molecule has 2 aromatic rings. The molecule has 0 spiro atoms. The Balaban J connectivity index is 1.26. The van der Waals surface area contributed by atoms with E-state index in [1.165, 1.54) is 0 Å². The van der Waals surface area contributed by atoms with E-state index >= 15 is 0 Å². The maximum absolute atomic E-state index is 11.7. The van der Waals surface area contributed by atoms with E-state index in [-0.39, 0.29) is 6.04 Å². The first-order valence-electron chi connectivity index (χ1n) is 9.58. The maximum Gasteiger partial charge on any atom is 0.225 e. The molecule has 5 heterocycles. The summed E-state index contributed by atoms with van der Waals surface area (Å²) in [5, 5.41) is 3.29. The predicted molar refractivity (Wildman–Crippen MR) is 105 cm³/mol. The average Bonchev–Trinajstić information content (AvgIpc) is 3.18. The van der Waals surface area contributed by atoms with Crippen LogP contribution in [0.2, 0.25) is 0 Å². The number of rotatable bonds is 4. The van der Waals surface area contributed by atoms with Crippen LogP contribution >= 0.6 is 0 Å². The number of carbonyl (C=O) groups is 1. The lowest BCUT2D eigenvalue weighted by Gasteiger charge is -2.41. The summed E-state index contributed by atoms with van der Waals surface area (Å²) in [5.74, 6) is 1.62. The Morgan fingerprint density at radius 1 is 1.07 bits per heavy atom. The zero-order valence-corrected chi connectivity index (χ0v) is 15.5. The second-order valence-electron chi connectivity index (χ2n) is 7.19. The van der Waals surface area contributed by atoms with E-state index in [4.69, 9.17) is 4.99 Å². The van der Waals surface area contributed by atoms with Crippen molar-refractivity contribution in [2.75, 3.05) is 49.5 Å². The highest BCUT2D eigenvalue weighted by atomic mass is 16.1. The van der Waals surface area contributed by atoms with Crippen molar-refractivity contribution in [2.24, 2.45) is 4.99 Å². The quantitative estimate of drug-likeness (QED) is 0.748. The van der Waals surface area contributed by atoms with E-state index in [0.717, 1.165) is 62.2 Å². The van der Waals surface area contributed by atoms with Crippen molar-refractivity contribution in [3.63, 3.8) is 0 Å². The maximum atomic E-state index is 11.7. The first-order valence-corrected chi connectivity index (χ1v) is 9.58. The molecular formula is C19H22N8O. The molecule has 9 heteroatoms. The minimum atomic E-state index is -0.401. The van der Waals surface area contributed by atoms with Crippen LogP contribution < -0.4 is 10.2 Å². The van der Waals surface area contributed by atoms with Crippen LogP contribution in [-0.4, -0.2) is 88.3 Å². The van der Waals surface area contributed by atoms with Crippen molar-refractivity contribution in [3.05, 3.63) is 42.5 Å². The summed E-state index contributed by atoms with van der Waals surface area (Å²) in [5.41, 5.74) is 1.70. The highest BCUT2D eigenvalue weighted by molar-refractivity contribution is 6.06. The summed E-state index contributed by atoms with van der Waals surface area (Å²) in [6, 6.07) is 5.80. The number of aldehydes is 1. The Kier molecular flexibility index (Phi) is 4.36. The molecule has 0 bridgehead atoms. The van der Waals surface area contributed by atoms with Gasteiger partial charge in [-0.05, 0) is 18.2 Å². The van der Waals surface area contributed by atoms with Gasteiger partial charge < -0.3 is 15.1 Å². The fraction of sp³-hybridized carbons (Fsp3) is 0.421. The smallest absolute Gasteiger partial charge is 0.225 e. The van der Waals surface area contributed by atoms with Gasteiger partial charge in [-0.1, -0.05) is 0 Å². The average molecular weight is 378 g/mol. The molecule has 1 saturated heterocycles. The van der Waals surface area contributed by atoms with Crippen LogP contribution in [0.5, 0.6) is 0 Å². The summed E-state index contributed by atoms with van der Waals surface area (Å²) in [7, 11) is 0. The normalized spacial score (nSPS) is 24.2. The van der Waals surface area contributed by atoms with Crippen molar-refractivity contribution in [1.29, 1.82) is 0 Å². The first-order chi connectivity index (χ1) is 13.8. The summed E-state index contributed by atoms with van der Waals surface area (Å²) in [6.45, 7) is 5.20. The molecule has 5 rings (SSSR count). The molecule has 2 unspecified atom stereocenters. The Bertz CT molecular complexity index is 881. The summed E-state index contributed by atoms with van der Waals surface area (Å²) in [6.07, 6.45) is 5.87. The van der Waals surface area contributed by atoms with E-state index in [1.807, 2.05) is 18.2 Å². The molecule has 9 nitrogen and oxygen atoms in total. The van der Waals surface area contributed by atoms with Crippen molar-refractivity contribution < 1.29 is 4.79 Å². The number of fused-ring (bicyclic) bond motifs is 3. The van der Waals surface area contributed by atoms with E-state index < -0.39 is 6.17 Å². The Hall–Kier alpha value is -3.07. The second kappa shape index (κ2) is 7.16. The number of amidine groups is 1. The third kappa shape index (κ3) is 2.97. The predicted octanol–water partition coefficient (Wildman–Crippen LogP) is 0.0751. The van der Waals surface area contributed by atoms with Gasteiger partial charge in [0, 0.05) is 51.3 Å². The zero-order chi connectivity index (χ0) is 18.9. The monoisotopic (exact) mass is 378 g/mol. The van der Waals surface area contributed by atoms with Gasteiger partial charge in [0.1, 0.15) is 5.69 Å². The molecule has 3 aliphatic rings. The number of anilines is 2. The van der Waals surface area contributed by atoms with Crippen LogP contribution in [0.3, 0.4) is 0 Å². The lowest BCUT2D eigenvalue weighted by atomic mass is 10.1. The molecular weight excluding hydrogens is 356 g/mol. The number of aromatic nitrogens is 3. The molecule has 0 amide bonds. The number of aliphatic imine (C=N–C) groups is 1. The molecule has 0 aliphatic carbocycles. The van der Waals surface area contributed by atoms with Gasteiger partial charge in [-0.25, -0.2) is 9.97 Å². The molecule has 1 fully saturated rings. The lowest BCUT2D eigenvalue weighted by molar-refractivity contribution is -0.111. The fourth-order valence-corrected chi connectivity index (χ4v) is 4.15. The number of carbonyl (C=O) groups excluding carboxylic acids is 1. The van der Waals surface area contributed by atoms with Gasteiger partial charge in [-0.3, -0.25) is 19.7 Å². The van der Waals surface area contributed by atoms with Crippen LogP contribution in [0.1, 0.15) is 5.69 Å². The van der Waals surface area contributed by atoms with Gasteiger partial charge in [0.25, 0.3) is 0 Å². The largest absolute Gasteiger partial charge is 0.357 e. The molecule has 0 saturated carbocycles. The third-order valence-electron chi connectivity index (χ3n) is 5.52. The standard InChI is InChI=1S/C19H22N8O/c28-13-16-24-15-3-1-4-20-17(15)18-23-11-14(27(16)18)12-25-7-9-26(10-8-25)19-21-5-2-6-22-19/h1-6,13-14,16,24H,7-12H2. The van der Waals surface area contributed by atoms with E-state index in [1.54, 1.807) is 18.6 Å². The van der Waals surface area contributed by atoms with E-state index in [9.17, 15) is 4.79 Å². The Labute approximate surface area is 163 Å². The van der Waals surface area contributed by atoms with Gasteiger partial charge >= 0.3 is 0 Å². The minimum absolute atomic E-state index is 0.160. The van der Waals surface area contributed by atoms with E-state index in [2.05, 4.69) is 35.0 Å². The zero-order valence-electron chi connectivity index (χ0n) is 15.5. The van der Waals surface area contributed by atoms with Gasteiger partial charge in [0.2, 0.25) is 5.95 Å². The first kappa shape index (κ1) is 17.1. The van der Waals surface area contributed by atoms with Crippen LogP contribution in [0, 0.1) is 0 Å². The summed E-state index contributed by atoms with van der Waals surface area (Å²) < 4.78 is 0. The third-order valence-corrected chi connectivity index (χ3v) is 5.52. The minimum Gasteiger partial charge on any atom is -0.357 e. The van der Waals surface area contributed by atoms with Crippen molar-refractivity contribution in [1.82, 2.24) is 24.8 Å². The number of hydrogen-bond donors (Lipinski definition) is 1. The van der Waals surface area contributed by atoms with Crippen molar-refractivity contribution >= 4 is 23.8 Å². The number of nitrogens with zero attached hydrogens (tertiary/aromatic N) is 7. The summed E-state index contributed by atoms with van der Waals surface area (Å²) in [4.78, 5) is 36.4. The number of piperazine rings is 1. The Morgan fingerprint density at radius 3 is 2.64 bits per heavy atom. The number of nitrogens with one attached hydrogen (secondary N) is 1. The van der Waals surface area contributed by atoms with Crippen molar-refractivity contribution in [2.45, 2.75) is 12.2 Å². The summed E-state index contributed by atoms with van der Waals surface area (Å²) >= 11 is 0. The lowest BCUT2D eigenvalue weighted by Crippen LogP contribution is -2.57. The second-order valence-corrected chi connectivity index (χ2v) is 7.19. The number of hydrogen-bond acceptors (Lipinski definition) is 9. The van der Waals surface area contributed by atoms with Crippen molar-refractivity contribution in [3.8, 4) is 0 Å². The molecule has 144 valence electrons. The number of pyridine rings is 1. The molecule has 2 atom stereocenters. The molecule has 3 aliphatic heterocycles. The van der Waals surface area contributed by atoms with Gasteiger partial charge in [0.05, 0.1) is 18.3 Å². The van der Waals surface area contributed by atoms with Gasteiger partial charge in [-0.2, -0.15) is 0 Å². The molecule has 0 aromatic carbocycles. The fourth-order valence-electron chi connectivity index (χ4n) is 4.15. The van der Waals surface area contributed by atoms with Crippen LogP contribution in [-0.2, 0) is 4.79 Å². The van der Waals surface area contributed by atoms with Crippen LogP contribution in [0.4, 0.5) is 11.6 Å². The van der Waals surface area contributed by atoms with Gasteiger partial charge in [0.15, 0.2) is 18.3 Å². The van der Waals surface area contributed by atoms with Crippen LogP contribution in [0.25, 0.3) is 0 Å². The topological polar surface area (TPSA) is 89.8 Å². The highest BCUT2D eigenvalue weighted by Gasteiger charge is 2.40. The molecule has 0 radical (unpaired) electrons.